The van der Waals surface area contributed by atoms with Crippen molar-refractivity contribution in [3.05, 3.63) is 90.6 Å². The molecule has 7 heteroatoms. The second kappa shape index (κ2) is 9.75. The monoisotopic (exact) mass is 456 g/mol. The number of nitrogens with one attached hydrogen (secondary N) is 1. The van der Waals surface area contributed by atoms with Crippen molar-refractivity contribution in [2.45, 2.75) is 17.3 Å². The van der Waals surface area contributed by atoms with Crippen molar-refractivity contribution in [1.82, 2.24) is 9.55 Å². The van der Waals surface area contributed by atoms with Gasteiger partial charge in [-0.3, -0.25) is 9.59 Å². The van der Waals surface area contributed by atoms with E-state index in [1.165, 1.54) is 17.3 Å². The average molecular weight is 457 g/mol. The number of anilines is 1. The van der Waals surface area contributed by atoms with Crippen LogP contribution in [0.3, 0.4) is 0 Å². The van der Waals surface area contributed by atoms with Crippen molar-refractivity contribution < 1.29 is 9.59 Å². The van der Waals surface area contributed by atoms with Gasteiger partial charge in [0, 0.05) is 18.3 Å². The Balaban J connectivity index is 1.43. The molecule has 0 spiro atoms. The standard InChI is InChI=1S/C26H24N4O2S/c1-17(25(32)29-22-14-12-21(13-15-22)24(27)31)33-26-28-16-23(30(26)2)20-10-8-19(9-11-20)18-6-4-3-5-7-18/h3-17H,1-2H3,(H2,27,31)(H,29,32)/t17-/m1/s1. The first-order chi connectivity index (χ1) is 15.9. The van der Waals surface area contributed by atoms with Gasteiger partial charge in [-0.2, -0.15) is 0 Å². The lowest BCUT2D eigenvalue weighted by Gasteiger charge is -2.13. The molecule has 4 rings (SSSR count). The largest absolute Gasteiger partial charge is 0.366 e. The van der Waals surface area contributed by atoms with E-state index in [1.54, 1.807) is 24.3 Å². The average Bonchev–Trinajstić information content (AvgIpc) is 3.20. The zero-order valence-electron chi connectivity index (χ0n) is 18.4. The van der Waals surface area contributed by atoms with Crippen molar-refractivity contribution >= 4 is 29.3 Å². The summed E-state index contributed by atoms with van der Waals surface area (Å²) in [7, 11) is 1.95. The minimum absolute atomic E-state index is 0.149. The van der Waals surface area contributed by atoms with Crippen molar-refractivity contribution in [1.29, 1.82) is 0 Å². The smallest absolute Gasteiger partial charge is 0.248 e. The van der Waals surface area contributed by atoms with Gasteiger partial charge in [0.2, 0.25) is 11.8 Å². The van der Waals surface area contributed by atoms with E-state index >= 15 is 0 Å². The van der Waals surface area contributed by atoms with Gasteiger partial charge in [0.1, 0.15) is 0 Å². The summed E-state index contributed by atoms with van der Waals surface area (Å²) in [5, 5.41) is 3.25. The van der Waals surface area contributed by atoms with Crippen LogP contribution < -0.4 is 11.1 Å². The minimum atomic E-state index is -0.503. The van der Waals surface area contributed by atoms with Gasteiger partial charge in [0.25, 0.3) is 0 Å². The van der Waals surface area contributed by atoms with Crippen LogP contribution >= 0.6 is 11.8 Å². The number of benzene rings is 3. The van der Waals surface area contributed by atoms with Crippen LogP contribution in [0, 0.1) is 0 Å². The lowest BCUT2D eigenvalue weighted by Crippen LogP contribution is -2.23. The van der Waals surface area contributed by atoms with Crippen LogP contribution in [-0.2, 0) is 11.8 Å². The Morgan fingerprint density at radius 2 is 1.52 bits per heavy atom. The van der Waals surface area contributed by atoms with E-state index in [0.29, 0.717) is 11.3 Å². The molecule has 1 atom stereocenters. The van der Waals surface area contributed by atoms with Crippen LogP contribution in [0.1, 0.15) is 17.3 Å². The maximum atomic E-state index is 12.6. The summed E-state index contributed by atoms with van der Waals surface area (Å²) in [5.41, 5.74) is 10.6. The molecule has 166 valence electrons. The fourth-order valence-corrected chi connectivity index (χ4v) is 4.26. The molecular formula is C26H24N4O2S. The third-order valence-electron chi connectivity index (χ3n) is 5.32. The van der Waals surface area contributed by atoms with Crippen molar-refractivity contribution in [2.75, 3.05) is 5.32 Å². The Kier molecular flexibility index (Phi) is 6.60. The highest BCUT2D eigenvalue weighted by molar-refractivity contribution is 8.00. The summed E-state index contributed by atoms with van der Waals surface area (Å²) < 4.78 is 1.99. The molecule has 0 aliphatic heterocycles. The lowest BCUT2D eigenvalue weighted by atomic mass is 10.0. The Morgan fingerprint density at radius 3 is 2.15 bits per heavy atom. The van der Waals surface area contributed by atoms with E-state index in [4.69, 9.17) is 5.73 Å². The number of carbonyl (C=O) groups is 2. The number of rotatable bonds is 7. The molecule has 0 saturated heterocycles. The first-order valence-electron chi connectivity index (χ1n) is 10.5. The molecule has 2 amide bonds. The fraction of sp³-hybridized carbons (Fsp3) is 0.115. The van der Waals surface area contributed by atoms with E-state index in [0.717, 1.165) is 22.0 Å². The molecule has 3 N–H and O–H groups in total. The van der Waals surface area contributed by atoms with Gasteiger partial charge in [-0.05, 0) is 47.9 Å². The fourth-order valence-electron chi connectivity index (χ4n) is 3.41. The Hall–Kier alpha value is -3.84. The highest BCUT2D eigenvalue weighted by Gasteiger charge is 2.19. The summed E-state index contributed by atoms with van der Waals surface area (Å²) in [6.45, 7) is 1.83. The second-order valence-electron chi connectivity index (χ2n) is 7.62. The van der Waals surface area contributed by atoms with E-state index < -0.39 is 5.91 Å². The zero-order chi connectivity index (χ0) is 23.4. The van der Waals surface area contributed by atoms with Crippen LogP contribution in [0.25, 0.3) is 22.4 Å². The zero-order valence-corrected chi connectivity index (χ0v) is 19.2. The van der Waals surface area contributed by atoms with Crippen LogP contribution in [-0.4, -0.2) is 26.6 Å². The molecule has 6 nitrogen and oxygen atoms in total. The maximum Gasteiger partial charge on any atom is 0.248 e. The molecule has 0 unspecified atom stereocenters. The normalized spacial score (nSPS) is 11.7. The first-order valence-corrected chi connectivity index (χ1v) is 11.4. The van der Waals surface area contributed by atoms with Crippen LogP contribution in [0.5, 0.6) is 0 Å². The number of hydrogen-bond acceptors (Lipinski definition) is 4. The molecule has 0 bridgehead atoms. The third kappa shape index (κ3) is 5.15. The number of thioether (sulfide) groups is 1. The third-order valence-corrected chi connectivity index (χ3v) is 6.48. The maximum absolute atomic E-state index is 12.6. The molecule has 0 fully saturated rings. The summed E-state index contributed by atoms with van der Waals surface area (Å²) in [5.74, 6) is -0.652. The Morgan fingerprint density at radius 1 is 0.909 bits per heavy atom. The van der Waals surface area contributed by atoms with Gasteiger partial charge in [-0.25, -0.2) is 4.98 Å². The molecule has 0 saturated carbocycles. The highest BCUT2D eigenvalue weighted by Crippen LogP contribution is 2.29. The molecular weight excluding hydrogens is 432 g/mol. The number of hydrogen-bond donors (Lipinski definition) is 2. The second-order valence-corrected chi connectivity index (χ2v) is 8.93. The molecule has 0 radical (unpaired) electrons. The lowest BCUT2D eigenvalue weighted by molar-refractivity contribution is -0.115. The van der Waals surface area contributed by atoms with Gasteiger partial charge < -0.3 is 15.6 Å². The Labute approximate surface area is 196 Å². The number of nitrogens with two attached hydrogens (primary N) is 1. The number of primary amides is 1. The van der Waals surface area contributed by atoms with E-state index in [1.807, 2.05) is 42.9 Å². The number of imidazole rings is 1. The van der Waals surface area contributed by atoms with Gasteiger partial charge in [0.15, 0.2) is 5.16 Å². The number of aromatic nitrogens is 2. The van der Waals surface area contributed by atoms with E-state index in [2.05, 4.69) is 46.7 Å². The predicted octanol–water partition coefficient (Wildman–Crippen LogP) is 4.97. The molecule has 0 aliphatic rings. The first kappa shape index (κ1) is 22.4. The predicted molar refractivity (Wildman–Crippen MR) is 133 cm³/mol. The van der Waals surface area contributed by atoms with Crippen molar-refractivity contribution in [3.63, 3.8) is 0 Å². The summed E-state index contributed by atoms with van der Waals surface area (Å²) in [4.78, 5) is 28.3. The topological polar surface area (TPSA) is 90.0 Å². The molecule has 1 aromatic heterocycles. The number of carbonyl (C=O) groups excluding carboxylic acids is 2. The number of nitrogens with zero attached hydrogens (tertiary/aromatic N) is 2. The van der Waals surface area contributed by atoms with Crippen molar-refractivity contribution in [2.24, 2.45) is 12.8 Å². The van der Waals surface area contributed by atoms with Gasteiger partial charge >= 0.3 is 0 Å². The molecule has 0 aliphatic carbocycles. The summed E-state index contributed by atoms with van der Waals surface area (Å²) in [6, 6.07) is 25.1. The molecule has 1 heterocycles. The minimum Gasteiger partial charge on any atom is -0.366 e. The van der Waals surface area contributed by atoms with Gasteiger partial charge in [-0.15, -0.1) is 0 Å². The molecule has 3 aromatic carbocycles. The number of amides is 2. The summed E-state index contributed by atoms with van der Waals surface area (Å²) in [6.07, 6.45) is 1.83. The summed E-state index contributed by atoms with van der Waals surface area (Å²) >= 11 is 1.39. The quantitative estimate of drug-likeness (QED) is 0.384. The SMILES string of the molecule is C[C@@H](Sc1ncc(-c2ccc(-c3ccccc3)cc2)n1C)C(=O)Nc1ccc(C(N)=O)cc1. The Bertz CT molecular complexity index is 1270. The van der Waals surface area contributed by atoms with Crippen LogP contribution in [0.15, 0.2) is 90.2 Å². The highest BCUT2D eigenvalue weighted by atomic mass is 32.2. The van der Waals surface area contributed by atoms with Crippen LogP contribution in [0.4, 0.5) is 5.69 Å². The molecule has 33 heavy (non-hydrogen) atoms. The van der Waals surface area contributed by atoms with Crippen LogP contribution in [0.2, 0.25) is 0 Å². The molecule has 4 aromatic rings. The van der Waals surface area contributed by atoms with Gasteiger partial charge in [-0.1, -0.05) is 66.4 Å². The van der Waals surface area contributed by atoms with E-state index in [9.17, 15) is 9.59 Å². The van der Waals surface area contributed by atoms with Crippen molar-refractivity contribution in [3.8, 4) is 22.4 Å². The van der Waals surface area contributed by atoms with E-state index in [-0.39, 0.29) is 11.2 Å². The van der Waals surface area contributed by atoms with Gasteiger partial charge in [0.05, 0.1) is 17.1 Å².